The summed E-state index contributed by atoms with van der Waals surface area (Å²) in [5, 5.41) is 3.56. The third-order valence-electron chi connectivity index (χ3n) is 4.68. The topological polar surface area (TPSA) is 52.6 Å². The number of halogens is 1. The van der Waals surface area contributed by atoms with Gasteiger partial charge in [0.15, 0.2) is 0 Å². The van der Waals surface area contributed by atoms with E-state index in [1.165, 1.54) is 0 Å². The van der Waals surface area contributed by atoms with Crippen LogP contribution < -0.4 is 5.32 Å². The first-order valence-corrected chi connectivity index (χ1v) is 9.10. The van der Waals surface area contributed by atoms with Crippen LogP contribution in [0.2, 0.25) is 5.02 Å². The van der Waals surface area contributed by atoms with Crippen LogP contribution in [0.15, 0.2) is 48.5 Å². The van der Waals surface area contributed by atoms with E-state index >= 15 is 0 Å². The maximum atomic E-state index is 12.5. The Morgan fingerprint density at radius 2 is 1.88 bits per heavy atom. The summed E-state index contributed by atoms with van der Waals surface area (Å²) in [5.74, 6) is -0.00907. The molecule has 1 atom stereocenters. The van der Waals surface area contributed by atoms with Crippen molar-refractivity contribution in [2.24, 2.45) is 0 Å². The molecule has 0 aliphatic carbocycles. The number of anilines is 1. The molecule has 1 unspecified atom stereocenters. The molecule has 1 heterocycles. The Hall–Kier alpha value is -2.53. The number of hydrogen-bond donors (Lipinski definition) is 1. The molecule has 1 saturated heterocycles. The van der Waals surface area contributed by atoms with Crippen LogP contribution in [0.25, 0.3) is 11.1 Å². The van der Waals surface area contributed by atoms with E-state index < -0.39 is 6.04 Å². The Balaban J connectivity index is 1.67. The molecule has 0 saturated carbocycles. The molecule has 6 heteroatoms. The van der Waals surface area contributed by atoms with E-state index in [0.717, 1.165) is 11.1 Å². The Morgan fingerprint density at radius 3 is 2.54 bits per heavy atom. The third kappa shape index (κ3) is 3.83. The van der Waals surface area contributed by atoms with Crippen molar-refractivity contribution in [3.05, 3.63) is 53.6 Å². The molecule has 0 radical (unpaired) electrons. The van der Waals surface area contributed by atoms with E-state index in [2.05, 4.69) is 5.32 Å². The van der Waals surface area contributed by atoms with Crippen LogP contribution in [0.3, 0.4) is 0 Å². The standard InChI is InChI=1S/C20H22ClN3O2/c1-3-23-11-12-24(14(2)19(23)25)20(26)22-18-9-7-15(8-10-18)16-5-4-6-17(21)13-16/h4-10,13-14H,3,11-12H2,1-2H3,(H,22,26). The van der Waals surface area contributed by atoms with Crippen LogP contribution in [-0.2, 0) is 4.79 Å². The number of hydrogen-bond acceptors (Lipinski definition) is 2. The lowest BCUT2D eigenvalue weighted by atomic mass is 10.1. The number of piperazine rings is 1. The van der Waals surface area contributed by atoms with Crippen LogP contribution >= 0.6 is 11.6 Å². The Kier molecular flexibility index (Phi) is 5.47. The first-order chi connectivity index (χ1) is 12.5. The zero-order valence-electron chi connectivity index (χ0n) is 14.9. The summed E-state index contributed by atoms with van der Waals surface area (Å²) in [6.45, 7) is 5.49. The highest BCUT2D eigenvalue weighted by Gasteiger charge is 2.33. The van der Waals surface area contributed by atoms with Gasteiger partial charge in [0.25, 0.3) is 0 Å². The molecule has 3 amide bonds. The summed E-state index contributed by atoms with van der Waals surface area (Å²) in [6.07, 6.45) is 0. The lowest BCUT2D eigenvalue weighted by Gasteiger charge is -2.38. The maximum Gasteiger partial charge on any atom is 0.322 e. The zero-order valence-corrected chi connectivity index (χ0v) is 15.7. The average molecular weight is 372 g/mol. The Bertz CT molecular complexity index is 807. The molecule has 1 aliphatic rings. The van der Waals surface area contributed by atoms with E-state index in [1.54, 1.807) is 16.7 Å². The summed E-state index contributed by atoms with van der Waals surface area (Å²) in [4.78, 5) is 28.1. The minimum absolute atomic E-state index is 0.00907. The summed E-state index contributed by atoms with van der Waals surface area (Å²) in [5.41, 5.74) is 2.73. The second-order valence-electron chi connectivity index (χ2n) is 6.31. The van der Waals surface area contributed by atoms with Gasteiger partial charge >= 0.3 is 6.03 Å². The lowest BCUT2D eigenvalue weighted by molar-refractivity contribution is -0.138. The number of urea groups is 1. The van der Waals surface area contributed by atoms with Gasteiger partial charge in [-0.3, -0.25) is 4.79 Å². The first-order valence-electron chi connectivity index (χ1n) is 8.72. The van der Waals surface area contributed by atoms with E-state index in [1.807, 2.05) is 55.5 Å². The van der Waals surface area contributed by atoms with Gasteiger partial charge < -0.3 is 15.1 Å². The number of rotatable bonds is 3. The maximum absolute atomic E-state index is 12.5. The highest BCUT2D eigenvalue weighted by atomic mass is 35.5. The smallest absolute Gasteiger partial charge is 0.322 e. The van der Waals surface area contributed by atoms with Crippen LogP contribution in [0.1, 0.15) is 13.8 Å². The molecule has 1 fully saturated rings. The number of carbonyl (C=O) groups is 2. The van der Waals surface area contributed by atoms with Crippen molar-refractivity contribution in [1.29, 1.82) is 0 Å². The summed E-state index contributed by atoms with van der Waals surface area (Å²) in [7, 11) is 0. The number of nitrogens with one attached hydrogen (secondary N) is 1. The van der Waals surface area contributed by atoms with Gasteiger partial charge in [-0.05, 0) is 49.2 Å². The van der Waals surface area contributed by atoms with E-state index in [0.29, 0.717) is 30.3 Å². The molecule has 0 aromatic heterocycles. The van der Waals surface area contributed by atoms with Crippen LogP contribution in [0, 0.1) is 0 Å². The van der Waals surface area contributed by atoms with Crippen molar-refractivity contribution < 1.29 is 9.59 Å². The van der Waals surface area contributed by atoms with Gasteiger partial charge in [-0.1, -0.05) is 35.9 Å². The minimum Gasteiger partial charge on any atom is -0.339 e. The lowest BCUT2D eigenvalue weighted by Crippen LogP contribution is -2.58. The van der Waals surface area contributed by atoms with E-state index in [4.69, 9.17) is 11.6 Å². The quantitative estimate of drug-likeness (QED) is 0.883. The number of likely N-dealkylation sites (N-methyl/N-ethyl adjacent to an activating group) is 1. The van der Waals surface area contributed by atoms with Crippen molar-refractivity contribution >= 4 is 29.2 Å². The highest BCUT2D eigenvalue weighted by Crippen LogP contribution is 2.24. The van der Waals surface area contributed by atoms with Gasteiger partial charge in [0.1, 0.15) is 6.04 Å². The number of benzene rings is 2. The Morgan fingerprint density at radius 1 is 1.15 bits per heavy atom. The van der Waals surface area contributed by atoms with Crippen molar-refractivity contribution in [3.8, 4) is 11.1 Å². The molecule has 1 aliphatic heterocycles. The predicted octanol–water partition coefficient (Wildman–Crippen LogP) is 4.09. The van der Waals surface area contributed by atoms with E-state index in [-0.39, 0.29) is 11.9 Å². The normalized spacial score (nSPS) is 17.3. The molecule has 5 nitrogen and oxygen atoms in total. The molecule has 136 valence electrons. The fourth-order valence-corrected chi connectivity index (χ4v) is 3.32. The molecule has 0 bridgehead atoms. The monoisotopic (exact) mass is 371 g/mol. The van der Waals surface area contributed by atoms with Gasteiger partial charge in [0.05, 0.1) is 0 Å². The van der Waals surface area contributed by atoms with E-state index in [9.17, 15) is 9.59 Å². The fraction of sp³-hybridized carbons (Fsp3) is 0.300. The van der Waals surface area contributed by atoms with Crippen LogP contribution in [0.4, 0.5) is 10.5 Å². The molecule has 3 rings (SSSR count). The third-order valence-corrected chi connectivity index (χ3v) is 4.92. The van der Waals surface area contributed by atoms with Crippen LogP contribution in [0.5, 0.6) is 0 Å². The van der Waals surface area contributed by atoms with Gasteiger partial charge in [-0.15, -0.1) is 0 Å². The van der Waals surface area contributed by atoms with Crippen molar-refractivity contribution in [2.45, 2.75) is 19.9 Å². The molecular weight excluding hydrogens is 350 g/mol. The molecule has 2 aromatic carbocycles. The highest BCUT2D eigenvalue weighted by molar-refractivity contribution is 6.30. The zero-order chi connectivity index (χ0) is 18.7. The average Bonchev–Trinajstić information content (AvgIpc) is 2.64. The second-order valence-corrected chi connectivity index (χ2v) is 6.74. The minimum atomic E-state index is -0.450. The molecule has 2 aromatic rings. The molecular formula is C20H22ClN3O2. The number of amides is 3. The number of carbonyl (C=O) groups excluding carboxylic acids is 2. The van der Waals surface area contributed by atoms with Crippen molar-refractivity contribution in [3.63, 3.8) is 0 Å². The number of nitrogens with zero attached hydrogens (tertiary/aromatic N) is 2. The van der Waals surface area contributed by atoms with Crippen LogP contribution in [-0.4, -0.2) is 47.4 Å². The second kappa shape index (κ2) is 7.79. The molecule has 1 N–H and O–H groups in total. The summed E-state index contributed by atoms with van der Waals surface area (Å²) >= 11 is 6.03. The predicted molar refractivity (Wildman–Crippen MR) is 104 cm³/mol. The van der Waals surface area contributed by atoms with Crippen molar-refractivity contribution in [1.82, 2.24) is 9.80 Å². The van der Waals surface area contributed by atoms with Gasteiger partial charge in [0, 0.05) is 30.3 Å². The fourth-order valence-electron chi connectivity index (χ4n) is 3.13. The van der Waals surface area contributed by atoms with Gasteiger partial charge in [-0.25, -0.2) is 4.79 Å². The molecule has 0 spiro atoms. The largest absolute Gasteiger partial charge is 0.339 e. The van der Waals surface area contributed by atoms with Gasteiger partial charge in [-0.2, -0.15) is 0 Å². The first kappa shape index (κ1) is 18.3. The van der Waals surface area contributed by atoms with Crippen molar-refractivity contribution in [2.75, 3.05) is 25.0 Å². The van der Waals surface area contributed by atoms with Gasteiger partial charge in [0.2, 0.25) is 5.91 Å². The Labute approximate surface area is 158 Å². The summed E-state index contributed by atoms with van der Waals surface area (Å²) < 4.78 is 0. The SMILES string of the molecule is CCN1CCN(C(=O)Nc2ccc(-c3cccc(Cl)c3)cc2)C(C)C1=O. The summed E-state index contributed by atoms with van der Waals surface area (Å²) in [6, 6.07) is 14.5. The molecule has 26 heavy (non-hydrogen) atoms.